The predicted molar refractivity (Wildman–Crippen MR) is 53.1 cm³/mol. The fraction of sp³-hybridized carbons (Fsp3) is 1.00. The standard InChI is InChI=1S/C9H18O3S/c1-8(2,3)12-9(5-4-6-9)7-13(10)11/h4-7H2,1-3H3,(H,10,11). The van der Waals surface area contributed by atoms with Crippen molar-refractivity contribution in [2.24, 2.45) is 0 Å². The SMILES string of the molecule is CC(C)(C)OC1(CS(=O)O)CCC1. The van der Waals surface area contributed by atoms with Crippen LogP contribution in [-0.2, 0) is 15.8 Å². The van der Waals surface area contributed by atoms with Crippen molar-refractivity contribution in [2.45, 2.75) is 51.2 Å². The Morgan fingerprint density at radius 3 is 2.23 bits per heavy atom. The molecular weight excluding hydrogens is 188 g/mol. The van der Waals surface area contributed by atoms with Crippen molar-refractivity contribution >= 4 is 11.1 Å². The third-order valence-corrected chi connectivity index (χ3v) is 2.95. The van der Waals surface area contributed by atoms with Crippen LogP contribution in [-0.4, -0.2) is 25.7 Å². The molecular formula is C9H18O3S. The molecule has 4 heteroatoms. The van der Waals surface area contributed by atoms with E-state index in [1.54, 1.807) is 0 Å². The Labute approximate surface area is 82.1 Å². The molecule has 3 nitrogen and oxygen atoms in total. The summed E-state index contributed by atoms with van der Waals surface area (Å²) in [5.41, 5.74) is -0.544. The van der Waals surface area contributed by atoms with E-state index in [4.69, 9.17) is 9.29 Å². The molecule has 0 spiro atoms. The summed E-state index contributed by atoms with van der Waals surface area (Å²) < 4.78 is 25.4. The van der Waals surface area contributed by atoms with Gasteiger partial charge in [-0.25, -0.2) is 4.21 Å². The lowest BCUT2D eigenvalue weighted by atomic mass is 9.81. The molecule has 0 aliphatic heterocycles. The molecule has 13 heavy (non-hydrogen) atoms. The van der Waals surface area contributed by atoms with Crippen molar-refractivity contribution in [2.75, 3.05) is 5.75 Å². The summed E-state index contributed by atoms with van der Waals surface area (Å²) in [7, 11) is 0. The smallest absolute Gasteiger partial charge is 0.155 e. The van der Waals surface area contributed by atoms with E-state index < -0.39 is 11.1 Å². The fourth-order valence-corrected chi connectivity index (χ4v) is 2.52. The molecule has 0 aromatic carbocycles. The van der Waals surface area contributed by atoms with Gasteiger partial charge in [0.25, 0.3) is 0 Å². The first kappa shape index (κ1) is 11.1. The second-order valence-electron chi connectivity index (χ2n) is 4.72. The van der Waals surface area contributed by atoms with Gasteiger partial charge in [-0.15, -0.1) is 0 Å². The molecule has 1 atom stereocenters. The molecule has 0 aromatic heterocycles. The van der Waals surface area contributed by atoms with Crippen LogP contribution < -0.4 is 0 Å². The van der Waals surface area contributed by atoms with Crippen LogP contribution >= 0.6 is 0 Å². The maximum absolute atomic E-state index is 10.7. The summed E-state index contributed by atoms with van der Waals surface area (Å²) in [4.78, 5) is 0. The lowest BCUT2D eigenvalue weighted by Crippen LogP contribution is -2.49. The predicted octanol–water partition coefficient (Wildman–Crippen LogP) is 1.95. The molecule has 1 aliphatic carbocycles. The summed E-state index contributed by atoms with van der Waals surface area (Å²) in [6.45, 7) is 5.94. The maximum atomic E-state index is 10.7. The molecule has 1 fully saturated rings. The summed E-state index contributed by atoms with van der Waals surface area (Å²) in [5, 5.41) is 0. The second-order valence-corrected chi connectivity index (χ2v) is 5.65. The molecule has 0 radical (unpaired) electrons. The summed E-state index contributed by atoms with van der Waals surface area (Å²) >= 11 is -1.74. The Kier molecular flexibility index (Phi) is 3.15. The molecule has 1 N–H and O–H groups in total. The largest absolute Gasteiger partial charge is 0.368 e. The third-order valence-electron chi connectivity index (χ3n) is 2.17. The molecule has 0 amide bonds. The van der Waals surface area contributed by atoms with E-state index >= 15 is 0 Å². The van der Waals surface area contributed by atoms with Crippen molar-refractivity contribution in [1.82, 2.24) is 0 Å². The van der Waals surface area contributed by atoms with Crippen LogP contribution in [0.4, 0.5) is 0 Å². The first-order valence-electron chi connectivity index (χ1n) is 4.61. The van der Waals surface area contributed by atoms with Crippen LogP contribution in [0.25, 0.3) is 0 Å². The van der Waals surface area contributed by atoms with E-state index in [1.165, 1.54) is 0 Å². The van der Waals surface area contributed by atoms with E-state index in [-0.39, 0.29) is 17.0 Å². The van der Waals surface area contributed by atoms with E-state index in [0.29, 0.717) is 0 Å². The average molecular weight is 206 g/mol. The minimum absolute atomic E-state index is 0.222. The zero-order valence-corrected chi connectivity index (χ0v) is 9.32. The Hall–Kier alpha value is 0.0700. The fourth-order valence-electron chi connectivity index (χ4n) is 1.72. The molecule has 1 saturated carbocycles. The van der Waals surface area contributed by atoms with Gasteiger partial charge in [0.05, 0.1) is 17.0 Å². The lowest BCUT2D eigenvalue weighted by molar-refractivity contribution is -0.157. The first-order valence-corrected chi connectivity index (χ1v) is 5.88. The van der Waals surface area contributed by atoms with Crippen LogP contribution in [0.2, 0.25) is 0 Å². The highest BCUT2D eigenvalue weighted by atomic mass is 32.2. The van der Waals surface area contributed by atoms with Gasteiger partial charge in [0, 0.05) is 0 Å². The first-order chi connectivity index (χ1) is 5.83. The van der Waals surface area contributed by atoms with Gasteiger partial charge in [0.15, 0.2) is 11.1 Å². The highest BCUT2D eigenvalue weighted by Crippen LogP contribution is 2.39. The van der Waals surface area contributed by atoms with Crippen molar-refractivity contribution < 1.29 is 13.5 Å². The quantitative estimate of drug-likeness (QED) is 0.718. The normalized spacial score (nSPS) is 23.7. The summed E-state index contributed by atoms with van der Waals surface area (Å²) in [5.74, 6) is 0.254. The third kappa shape index (κ3) is 3.37. The number of rotatable bonds is 3. The maximum Gasteiger partial charge on any atom is 0.155 e. The Morgan fingerprint density at radius 2 is 2.00 bits per heavy atom. The molecule has 1 unspecified atom stereocenters. The molecule has 0 saturated heterocycles. The van der Waals surface area contributed by atoms with Crippen molar-refractivity contribution in [3.8, 4) is 0 Å². The zero-order valence-electron chi connectivity index (χ0n) is 8.50. The Morgan fingerprint density at radius 1 is 1.46 bits per heavy atom. The molecule has 0 bridgehead atoms. The minimum atomic E-state index is -1.74. The van der Waals surface area contributed by atoms with Crippen molar-refractivity contribution in [3.05, 3.63) is 0 Å². The van der Waals surface area contributed by atoms with Crippen LogP contribution in [0.15, 0.2) is 0 Å². The highest BCUT2D eigenvalue weighted by molar-refractivity contribution is 7.79. The average Bonchev–Trinajstić information content (AvgIpc) is 1.78. The van der Waals surface area contributed by atoms with Gasteiger partial charge in [-0.05, 0) is 40.0 Å². The van der Waals surface area contributed by atoms with Gasteiger partial charge < -0.3 is 9.29 Å². The number of hydrogen-bond acceptors (Lipinski definition) is 2. The van der Waals surface area contributed by atoms with Gasteiger partial charge in [0.1, 0.15) is 0 Å². The Balaban J connectivity index is 2.55. The van der Waals surface area contributed by atoms with Crippen molar-refractivity contribution in [1.29, 1.82) is 0 Å². The molecule has 1 rings (SSSR count). The monoisotopic (exact) mass is 206 g/mol. The zero-order chi connectivity index (χ0) is 10.1. The second kappa shape index (κ2) is 3.67. The minimum Gasteiger partial charge on any atom is -0.368 e. The van der Waals surface area contributed by atoms with Crippen LogP contribution in [0, 0.1) is 0 Å². The van der Waals surface area contributed by atoms with Crippen LogP contribution in [0.1, 0.15) is 40.0 Å². The molecule has 0 heterocycles. The van der Waals surface area contributed by atoms with Crippen LogP contribution in [0.5, 0.6) is 0 Å². The van der Waals surface area contributed by atoms with E-state index in [9.17, 15) is 4.21 Å². The highest BCUT2D eigenvalue weighted by Gasteiger charge is 2.42. The van der Waals surface area contributed by atoms with Crippen molar-refractivity contribution in [3.63, 3.8) is 0 Å². The number of ether oxygens (including phenoxy) is 1. The summed E-state index contributed by atoms with van der Waals surface area (Å²) in [6, 6.07) is 0. The summed E-state index contributed by atoms with van der Waals surface area (Å²) in [6.07, 6.45) is 2.93. The van der Waals surface area contributed by atoms with Gasteiger partial charge in [-0.2, -0.15) is 0 Å². The topological polar surface area (TPSA) is 46.5 Å². The molecule has 1 aliphatic rings. The van der Waals surface area contributed by atoms with Gasteiger partial charge >= 0.3 is 0 Å². The lowest BCUT2D eigenvalue weighted by Gasteiger charge is -2.45. The van der Waals surface area contributed by atoms with Gasteiger partial charge in [-0.3, -0.25) is 0 Å². The van der Waals surface area contributed by atoms with Gasteiger partial charge in [0.2, 0.25) is 0 Å². The molecule has 78 valence electrons. The Bertz CT molecular complexity index is 203. The van der Waals surface area contributed by atoms with Gasteiger partial charge in [-0.1, -0.05) is 0 Å². The number of hydrogen-bond donors (Lipinski definition) is 1. The van der Waals surface area contributed by atoms with Crippen LogP contribution in [0.3, 0.4) is 0 Å². The van der Waals surface area contributed by atoms with E-state index in [2.05, 4.69) is 0 Å². The van der Waals surface area contributed by atoms with E-state index in [1.807, 2.05) is 20.8 Å². The van der Waals surface area contributed by atoms with E-state index in [0.717, 1.165) is 19.3 Å². The molecule has 0 aromatic rings.